The molecule has 1 aromatic rings. The van der Waals surface area contributed by atoms with Crippen molar-refractivity contribution >= 4 is 5.69 Å². The quantitative estimate of drug-likeness (QED) is 0.807. The third-order valence-electron chi connectivity index (χ3n) is 7.21. The lowest BCUT2D eigenvalue weighted by molar-refractivity contribution is 0.135. The number of anilines is 1. The summed E-state index contributed by atoms with van der Waals surface area (Å²) in [6.07, 6.45) is 11.1. The van der Waals surface area contributed by atoms with Gasteiger partial charge in [0.2, 0.25) is 0 Å². The number of hydrogen-bond donors (Lipinski definition) is 0. The van der Waals surface area contributed by atoms with E-state index in [2.05, 4.69) is 53.1 Å². The first-order chi connectivity index (χ1) is 12.7. The van der Waals surface area contributed by atoms with Crippen LogP contribution < -0.4 is 4.90 Å². The van der Waals surface area contributed by atoms with Crippen LogP contribution in [0, 0.1) is 5.92 Å². The number of likely N-dealkylation sites (N-methyl/N-ethyl adjacent to an activating group) is 1. The van der Waals surface area contributed by atoms with E-state index < -0.39 is 0 Å². The van der Waals surface area contributed by atoms with Gasteiger partial charge >= 0.3 is 0 Å². The summed E-state index contributed by atoms with van der Waals surface area (Å²) < 4.78 is 0. The Hall–Kier alpha value is -1.06. The Kier molecular flexibility index (Phi) is 5.85. The van der Waals surface area contributed by atoms with Gasteiger partial charge in [-0.05, 0) is 83.3 Å². The monoisotopic (exact) mass is 355 g/mol. The lowest BCUT2D eigenvalue weighted by atomic mass is 9.94. The van der Waals surface area contributed by atoms with Crippen LogP contribution in [0.2, 0.25) is 0 Å². The van der Waals surface area contributed by atoms with Crippen LogP contribution in [0.1, 0.15) is 50.5 Å². The Labute approximate surface area is 160 Å². The zero-order valence-corrected chi connectivity index (χ0v) is 16.9. The van der Waals surface area contributed by atoms with Crippen LogP contribution in [0.3, 0.4) is 0 Å². The van der Waals surface area contributed by atoms with Crippen LogP contribution in [0.25, 0.3) is 0 Å². The zero-order valence-electron chi connectivity index (χ0n) is 16.9. The molecular formula is C23H37N3. The average Bonchev–Trinajstić information content (AvgIpc) is 3.13. The Morgan fingerprint density at radius 3 is 2.42 bits per heavy atom. The van der Waals surface area contributed by atoms with Gasteiger partial charge in [0.1, 0.15) is 0 Å². The lowest BCUT2D eigenvalue weighted by Crippen LogP contribution is -2.45. The van der Waals surface area contributed by atoms with Crippen molar-refractivity contribution in [1.82, 2.24) is 9.80 Å². The number of likely N-dealkylation sites (tertiary alicyclic amines) is 1. The second-order valence-electron chi connectivity index (χ2n) is 9.11. The minimum absolute atomic E-state index is 0.668. The van der Waals surface area contributed by atoms with Gasteiger partial charge in [-0.1, -0.05) is 31.0 Å². The second-order valence-corrected chi connectivity index (χ2v) is 9.11. The molecule has 26 heavy (non-hydrogen) atoms. The molecule has 0 radical (unpaired) electrons. The fourth-order valence-corrected chi connectivity index (χ4v) is 5.47. The summed E-state index contributed by atoms with van der Waals surface area (Å²) >= 11 is 0. The van der Waals surface area contributed by atoms with Gasteiger partial charge in [-0.3, -0.25) is 0 Å². The topological polar surface area (TPSA) is 9.72 Å². The van der Waals surface area contributed by atoms with Gasteiger partial charge in [-0.2, -0.15) is 0 Å². The maximum Gasteiger partial charge on any atom is 0.0399 e. The standard InChI is InChI=1S/C23H37N3/c1-24(2)22-12-11-20-7-3-6-10-23(20)26(18-22)17-19-13-15-25(16-14-19)21-8-4-5-9-21/h3,6-7,10,19,21-22H,4-5,8-9,11-18H2,1-2H3. The molecule has 1 saturated carbocycles. The lowest BCUT2D eigenvalue weighted by Gasteiger charge is -2.39. The van der Waals surface area contributed by atoms with Crippen molar-refractivity contribution in [2.45, 2.75) is 63.5 Å². The number of aryl methyl sites for hydroxylation is 1. The minimum atomic E-state index is 0.668. The molecule has 2 heterocycles. The zero-order chi connectivity index (χ0) is 17.9. The number of benzene rings is 1. The molecular weight excluding hydrogens is 318 g/mol. The molecule has 0 aromatic heterocycles. The largest absolute Gasteiger partial charge is 0.369 e. The average molecular weight is 356 g/mol. The van der Waals surface area contributed by atoms with Gasteiger partial charge in [0, 0.05) is 30.9 Å². The van der Waals surface area contributed by atoms with Crippen molar-refractivity contribution in [2.24, 2.45) is 5.92 Å². The Bertz CT molecular complexity index is 571. The van der Waals surface area contributed by atoms with Crippen molar-refractivity contribution in [3.05, 3.63) is 29.8 Å². The predicted octanol–water partition coefficient (Wildman–Crippen LogP) is 4.02. The van der Waals surface area contributed by atoms with Gasteiger partial charge in [0.25, 0.3) is 0 Å². The first kappa shape index (κ1) is 18.3. The predicted molar refractivity (Wildman–Crippen MR) is 111 cm³/mol. The molecule has 3 heteroatoms. The minimum Gasteiger partial charge on any atom is -0.369 e. The van der Waals surface area contributed by atoms with E-state index in [1.165, 1.54) is 83.2 Å². The van der Waals surface area contributed by atoms with E-state index in [0.717, 1.165) is 12.0 Å². The van der Waals surface area contributed by atoms with Crippen LogP contribution in [-0.2, 0) is 6.42 Å². The summed E-state index contributed by atoms with van der Waals surface area (Å²) in [5, 5.41) is 0. The first-order valence-corrected chi connectivity index (χ1v) is 10.9. The summed E-state index contributed by atoms with van der Waals surface area (Å²) in [5.74, 6) is 0.863. The highest BCUT2D eigenvalue weighted by molar-refractivity contribution is 5.55. The molecule has 144 valence electrons. The van der Waals surface area contributed by atoms with Gasteiger partial charge in [-0.15, -0.1) is 0 Å². The highest BCUT2D eigenvalue weighted by atomic mass is 15.2. The summed E-state index contributed by atoms with van der Waals surface area (Å²) in [7, 11) is 4.50. The van der Waals surface area contributed by atoms with Gasteiger partial charge < -0.3 is 14.7 Å². The van der Waals surface area contributed by atoms with Crippen LogP contribution in [0.5, 0.6) is 0 Å². The molecule has 0 amide bonds. The van der Waals surface area contributed by atoms with Crippen LogP contribution >= 0.6 is 0 Å². The molecule has 0 N–H and O–H groups in total. The molecule has 0 spiro atoms. The maximum absolute atomic E-state index is 2.81. The Morgan fingerprint density at radius 1 is 0.962 bits per heavy atom. The number of nitrogens with zero attached hydrogens (tertiary/aromatic N) is 3. The van der Waals surface area contributed by atoms with Gasteiger partial charge in [-0.25, -0.2) is 0 Å². The fraction of sp³-hybridized carbons (Fsp3) is 0.739. The van der Waals surface area contributed by atoms with Crippen molar-refractivity contribution in [3.63, 3.8) is 0 Å². The molecule has 1 aliphatic carbocycles. The maximum atomic E-state index is 2.81. The molecule has 2 aliphatic heterocycles. The molecule has 1 unspecified atom stereocenters. The first-order valence-electron chi connectivity index (χ1n) is 10.9. The van der Waals surface area contributed by atoms with E-state index >= 15 is 0 Å². The van der Waals surface area contributed by atoms with Crippen LogP contribution in [0.4, 0.5) is 5.69 Å². The van der Waals surface area contributed by atoms with Crippen molar-refractivity contribution < 1.29 is 0 Å². The molecule has 3 aliphatic rings. The van der Waals surface area contributed by atoms with Gasteiger partial charge in [0.05, 0.1) is 0 Å². The van der Waals surface area contributed by atoms with E-state index in [-0.39, 0.29) is 0 Å². The van der Waals surface area contributed by atoms with Gasteiger partial charge in [0.15, 0.2) is 0 Å². The van der Waals surface area contributed by atoms with Crippen molar-refractivity contribution in [3.8, 4) is 0 Å². The van der Waals surface area contributed by atoms with E-state index in [4.69, 9.17) is 0 Å². The summed E-state index contributed by atoms with van der Waals surface area (Å²) in [5.41, 5.74) is 3.07. The summed E-state index contributed by atoms with van der Waals surface area (Å²) in [4.78, 5) is 7.97. The third kappa shape index (κ3) is 4.09. The van der Waals surface area contributed by atoms with Crippen LogP contribution in [-0.4, -0.2) is 62.2 Å². The number of hydrogen-bond acceptors (Lipinski definition) is 3. The molecule has 1 atom stereocenters. The molecule has 0 bridgehead atoms. The van der Waals surface area contributed by atoms with E-state index in [1.54, 1.807) is 5.56 Å². The van der Waals surface area contributed by atoms with E-state index in [1.807, 2.05) is 0 Å². The van der Waals surface area contributed by atoms with E-state index in [0.29, 0.717) is 6.04 Å². The SMILES string of the molecule is CN(C)C1CCc2ccccc2N(CC2CCN(C3CCCC3)CC2)C1. The Morgan fingerprint density at radius 2 is 1.69 bits per heavy atom. The summed E-state index contributed by atoms with van der Waals surface area (Å²) in [6.45, 7) is 5.11. The highest BCUT2D eigenvalue weighted by Gasteiger charge is 2.30. The number of rotatable bonds is 4. The Balaban J connectivity index is 1.40. The fourth-order valence-electron chi connectivity index (χ4n) is 5.47. The smallest absolute Gasteiger partial charge is 0.0399 e. The number of para-hydroxylation sites is 1. The van der Waals surface area contributed by atoms with Crippen molar-refractivity contribution in [1.29, 1.82) is 0 Å². The normalized spacial score (nSPS) is 26.3. The molecule has 2 fully saturated rings. The molecule has 4 rings (SSSR count). The third-order valence-corrected chi connectivity index (χ3v) is 7.21. The summed E-state index contributed by atoms with van der Waals surface area (Å²) in [6, 6.07) is 10.7. The molecule has 3 nitrogen and oxygen atoms in total. The number of piperidine rings is 1. The molecule has 1 saturated heterocycles. The number of fused-ring (bicyclic) bond motifs is 1. The van der Waals surface area contributed by atoms with E-state index in [9.17, 15) is 0 Å². The van der Waals surface area contributed by atoms with Crippen molar-refractivity contribution in [2.75, 3.05) is 45.2 Å². The second kappa shape index (κ2) is 8.31. The highest BCUT2D eigenvalue weighted by Crippen LogP contribution is 2.31. The molecule has 1 aromatic carbocycles. The van der Waals surface area contributed by atoms with Crippen LogP contribution in [0.15, 0.2) is 24.3 Å².